The smallest absolute Gasteiger partial charge is 0.0826 e. The molecule has 3 nitrogen and oxygen atoms in total. The predicted molar refractivity (Wildman–Crippen MR) is 82.3 cm³/mol. The van der Waals surface area contributed by atoms with Crippen molar-refractivity contribution in [1.29, 1.82) is 0 Å². The third-order valence-corrected chi connectivity index (χ3v) is 4.32. The first-order valence-corrected chi connectivity index (χ1v) is 7.76. The lowest BCUT2D eigenvalue weighted by Gasteiger charge is -2.35. The number of benzene rings is 1. The van der Waals surface area contributed by atoms with E-state index in [9.17, 15) is 0 Å². The Morgan fingerprint density at radius 1 is 1.42 bits per heavy atom. The minimum Gasteiger partial charge on any atom is -0.374 e. The topological polar surface area (TPSA) is 24.5 Å². The van der Waals surface area contributed by atoms with Crippen LogP contribution in [0.15, 0.2) is 28.7 Å². The van der Waals surface area contributed by atoms with E-state index in [-0.39, 0.29) is 0 Å². The molecule has 1 fully saturated rings. The molecule has 1 heterocycles. The van der Waals surface area contributed by atoms with Gasteiger partial charge in [-0.15, -0.1) is 0 Å². The van der Waals surface area contributed by atoms with Crippen LogP contribution in [0.2, 0.25) is 0 Å². The molecule has 1 aliphatic heterocycles. The minimum atomic E-state index is 0.304. The largest absolute Gasteiger partial charge is 0.374 e. The van der Waals surface area contributed by atoms with Crippen LogP contribution in [0.3, 0.4) is 0 Å². The van der Waals surface area contributed by atoms with Crippen LogP contribution in [0.4, 0.5) is 0 Å². The van der Waals surface area contributed by atoms with E-state index in [1.807, 2.05) is 6.07 Å². The van der Waals surface area contributed by atoms with E-state index in [0.29, 0.717) is 12.1 Å². The summed E-state index contributed by atoms with van der Waals surface area (Å²) >= 11 is 3.57. The number of ether oxygens (including phenoxy) is 1. The third kappa shape index (κ3) is 4.56. The first-order valence-electron chi connectivity index (χ1n) is 6.96. The molecule has 0 saturated carbocycles. The molecular formula is C15H23BrN2O. The number of hydrogen-bond acceptors (Lipinski definition) is 3. The fourth-order valence-corrected chi connectivity index (χ4v) is 2.77. The maximum Gasteiger partial charge on any atom is 0.0826 e. The van der Waals surface area contributed by atoms with Gasteiger partial charge < -0.3 is 10.1 Å². The van der Waals surface area contributed by atoms with Gasteiger partial charge in [0.15, 0.2) is 0 Å². The van der Waals surface area contributed by atoms with E-state index in [0.717, 1.165) is 37.3 Å². The molecule has 4 heteroatoms. The molecule has 0 radical (unpaired) electrons. The highest BCUT2D eigenvalue weighted by Gasteiger charge is 2.21. The van der Waals surface area contributed by atoms with E-state index < -0.39 is 0 Å². The maximum atomic E-state index is 5.81. The zero-order chi connectivity index (χ0) is 13.7. The van der Waals surface area contributed by atoms with Crippen molar-refractivity contribution >= 4 is 15.9 Å². The van der Waals surface area contributed by atoms with Crippen molar-refractivity contribution < 1.29 is 4.74 Å². The summed E-state index contributed by atoms with van der Waals surface area (Å²) in [6.45, 7) is 9.21. The maximum absolute atomic E-state index is 5.81. The Morgan fingerprint density at radius 3 is 2.95 bits per heavy atom. The van der Waals surface area contributed by atoms with Crippen molar-refractivity contribution in [1.82, 2.24) is 10.2 Å². The van der Waals surface area contributed by atoms with E-state index in [4.69, 9.17) is 4.74 Å². The Hall–Kier alpha value is -0.420. The summed E-state index contributed by atoms with van der Waals surface area (Å²) in [7, 11) is 0. The molecule has 0 aromatic heterocycles. The average molecular weight is 327 g/mol. The highest BCUT2D eigenvalue weighted by atomic mass is 79.9. The van der Waals surface area contributed by atoms with Crippen LogP contribution in [0.25, 0.3) is 0 Å². The Morgan fingerprint density at radius 2 is 2.21 bits per heavy atom. The Bertz CT molecular complexity index is 397. The molecule has 1 N–H and O–H groups in total. The monoisotopic (exact) mass is 326 g/mol. The predicted octanol–water partition coefficient (Wildman–Crippen LogP) is 2.65. The second-order valence-corrected chi connectivity index (χ2v) is 6.16. The van der Waals surface area contributed by atoms with Crippen LogP contribution in [0.1, 0.15) is 19.4 Å². The molecule has 106 valence electrons. The number of nitrogens with one attached hydrogen (secondary N) is 1. The number of halogens is 1. The van der Waals surface area contributed by atoms with Crippen molar-refractivity contribution in [2.24, 2.45) is 0 Å². The van der Waals surface area contributed by atoms with Crippen molar-refractivity contribution in [3.05, 3.63) is 34.3 Å². The lowest BCUT2D eigenvalue weighted by molar-refractivity contribution is -0.0372. The van der Waals surface area contributed by atoms with Crippen molar-refractivity contribution in [2.45, 2.75) is 32.5 Å². The quantitative estimate of drug-likeness (QED) is 0.900. The van der Waals surface area contributed by atoms with E-state index in [1.54, 1.807) is 0 Å². The van der Waals surface area contributed by atoms with Gasteiger partial charge in [-0.1, -0.05) is 34.1 Å². The van der Waals surface area contributed by atoms with Gasteiger partial charge in [-0.25, -0.2) is 0 Å². The zero-order valence-electron chi connectivity index (χ0n) is 11.7. The Balaban J connectivity index is 1.75. The summed E-state index contributed by atoms with van der Waals surface area (Å²) in [5.41, 5.74) is 1.29. The molecule has 1 saturated heterocycles. The molecule has 2 rings (SSSR count). The van der Waals surface area contributed by atoms with E-state index >= 15 is 0 Å². The summed E-state index contributed by atoms with van der Waals surface area (Å²) < 4.78 is 6.97. The average Bonchev–Trinajstić information content (AvgIpc) is 2.41. The first-order chi connectivity index (χ1) is 9.16. The van der Waals surface area contributed by atoms with Gasteiger partial charge in [0.05, 0.1) is 12.7 Å². The molecule has 1 aromatic carbocycles. The fraction of sp³-hybridized carbons (Fsp3) is 0.600. The molecule has 19 heavy (non-hydrogen) atoms. The molecule has 0 aliphatic carbocycles. The minimum absolute atomic E-state index is 0.304. The lowest BCUT2D eigenvalue weighted by Crippen LogP contribution is -2.48. The van der Waals surface area contributed by atoms with Crippen LogP contribution in [-0.2, 0) is 11.3 Å². The molecule has 0 spiro atoms. The number of hydrogen-bond donors (Lipinski definition) is 1. The number of rotatable bonds is 5. The fourth-order valence-electron chi connectivity index (χ4n) is 2.34. The lowest BCUT2D eigenvalue weighted by atomic mass is 10.2. The first kappa shape index (κ1) is 15.0. The van der Waals surface area contributed by atoms with Crippen LogP contribution in [0, 0.1) is 0 Å². The highest BCUT2D eigenvalue weighted by molar-refractivity contribution is 9.10. The van der Waals surface area contributed by atoms with Crippen molar-refractivity contribution in [3.8, 4) is 0 Å². The highest BCUT2D eigenvalue weighted by Crippen LogP contribution is 2.15. The second-order valence-electron chi connectivity index (χ2n) is 5.30. The Labute approximate surface area is 124 Å². The number of morpholine rings is 1. The number of nitrogens with zero attached hydrogens (tertiary/aromatic N) is 1. The third-order valence-electron chi connectivity index (χ3n) is 3.55. The molecule has 1 atom stereocenters. The van der Waals surface area contributed by atoms with Crippen molar-refractivity contribution in [3.63, 3.8) is 0 Å². The Kier molecular flexibility index (Phi) is 5.82. The zero-order valence-corrected chi connectivity index (χ0v) is 13.3. The van der Waals surface area contributed by atoms with E-state index in [2.05, 4.69) is 58.2 Å². The van der Waals surface area contributed by atoms with Gasteiger partial charge in [-0.3, -0.25) is 4.90 Å². The standard InChI is InChI=1S/C15H23BrN2O/c1-12(2)18-7-8-19-14(11-18)10-17-9-13-5-3-4-6-15(13)16/h3-6,12,14,17H,7-11H2,1-2H3. The van der Waals surface area contributed by atoms with Gasteiger partial charge in [-0.2, -0.15) is 0 Å². The normalized spacial score (nSPS) is 20.9. The molecule has 1 aliphatic rings. The summed E-state index contributed by atoms with van der Waals surface area (Å²) in [5, 5.41) is 3.49. The van der Waals surface area contributed by atoms with Crippen LogP contribution < -0.4 is 5.32 Å². The molecule has 1 aromatic rings. The van der Waals surface area contributed by atoms with Gasteiger partial charge in [0.25, 0.3) is 0 Å². The molecule has 1 unspecified atom stereocenters. The summed E-state index contributed by atoms with van der Waals surface area (Å²) in [5.74, 6) is 0. The molecule has 0 amide bonds. The van der Waals surface area contributed by atoms with Crippen molar-refractivity contribution in [2.75, 3.05) is 26.2 Å². The SMILES string of the molecule is CC(C)N1CCOC(CNCc2ccccc2Br)C1. The van der Waals surface area contributed by atoms with Gasteiger partial charge in [0, 0.05) is 36.7 Å². The summed E-state index contributed by atoms with van der Waals surface area (Å²) in [4.78, 5) is 2.48. The molecule has 0 bridgehead atoms. The molecular weight excluding hydrogens is 304 g/mol. The van der Waals surface area contributed by atoms with Crippen LogP contribution in [0.5, 0.6) is 0 Å². The summed E-state index contributed by atoms with van der Waals surface area (Å²) in [6, 6.07) is 8.93. The second kappa shape index (κ2) is 7.39. The van der Waals surface area contributed by atoms with Crippen LogP contribution >= 0.6 is 15.9 Å². The van der Waals surface area contributed by atoms with Gasteiger partial charge in [-0.05, 0) is 25.5 Å². The van der Waals surface area contributed by atoms with Gasteiger partial charge >= 0.3 is 0 Å². The van der Waals surface area contributed by atoms with E-state index in [1.165, 1.54) is 5.56 Å². The van der Waals surface area contributed by atoms with Gasteiger partial charge in [0.1, 0.15) is 0 Å². The summed E-state index contributed by atoms with van der Waals surface area (Å²) in [6.07, 6.45) is 0.304. The van der Waals surface area contributed by atoms with Crippen LogP contribution in [-0.4, -0.2) is 43.3 Å². The van der Waals surface area contributed by atoms with Gasteiger partial charge in [0.2, 0.25) is 0 Å².